The Bertz CT molecular complexity index is 21.6. The van der Waals surface area contributed by atoms with E-state index in [1.54, 1.807) is 0 Å². The maximum Gasteiger partial charge on any atom is 0.0703 e. The van der Waals surface area contributed by atoms with Gasteiger partial charge in [0.1, 0.15) is 0 Å². The van der Waals surface area contributed by atoms with Crippen LogP contribution in [0.1, 0.15) is 0 Å². The second kappa shape index (κ2) is 3.63. The Kier molecular flexibility index (Phi) is 4.67. The number of hydrogen-bond acceptors (Lipinski definition) is 0. The van der Waals surface area contributed by atoms with Crippen molar-refractivity contribution in [3.05, 3.63) is 0 Å². The molecule has 0 spiro atoms. The summed E-state index contributed by atoms with van der Waals surface area (Å²) < 4.78 is 0. The summed E-state index contributed by atoms with van der Waals surface area (Å²) in [5.74, 6) is 0. The zero-order valence-corrected chi connectivity index (χ0v) is 8.73. The van der Waals surface area contributed by atoms with Crippen molar-refractivity contribution >= 4 is 47.1 Å². The summed E-state index contributed by atoms with van der Waals surface area (Å²) in [5.41, 5.74) is 0. The molecule has 0 aliphatic heterocycles. The molecule has 0 atom stereocenters. The third-order valence-corrected chi connectivity index (χ3v) is 19.4. The molecule has 0 N–H and O–H groups in total. The van der Waals surface area contributed by atoms with Gasteiger partial charge >= 0.3 is 0 Å². The average molecular weight is 163 g/mol. The molecule has 0 rings (SSSR count). The van der Waals surface area contributed by atoms with E-state index in [4.69, 9.17) is 22.5 Å². The molecular formula is H5Cl2PSi2. The molecule has 0 saturated carbocycles. The van der Waals surface area contributed by atoms with E-state index in [1.807, 2.05) is 0 Å². The third kappa shape index (κ3) is 5.44. The van der Waals surface area contributed by atoms with Gasteiger partial charge in [-0.25, -0.2) is 0 Å². The highest BCUT2D eigenvalue weighted by atomic mass is 35.9. The first-order chi connectivity index (χ1) is 2.27. The van der Waals surface area contributed by atoms with E-state index in [0.717, 1.165) is 0 Å². The van der Waals surface area contributed by atoms with Crippen LogP contribution in [0.4, 0.5) is 0 Å². The molecule has 0 nitrogen and oxygen atoms in total. The molecule has 0 radical (unpaired) electrons. The van der Waals surface area contributed by atoms with Gasteiger partial charge in [-0.05, 0) is 9.76 Å². The van der Waals surface area contributed by atoms with Crippen LogP contribution < -0.4 is 0 Å². The van der Waals surface area contributed by atoms with Crippen molar-refractivity contribution in [2.45, 2.75) is 0 Å². The Morgan fingerprint density at radius 3 is 1.80 bits per heavy atom. The SMILES string of the molecule is [SiH3][SiH2]P(Cl)Cl. The maximum atomic E-state index is 5.39. The van der Waals surface area contributed by atoms with Crippen LogP contribution >= 0.6 is 28.7 Å². The van der Waals surface area contributed by atoms with Crippen molar-refractivity contribution in [2.24, 2.45) is 0 Å². The fourth-order valence-corrected chi connectivity index (χ4v) is 0. The Labute approximate surface area is 47.4 Å². The van der Waals surface area contributed by atoms with Crippen LogP contribution in [0.2, 0.25) is 0 Å². The number of halogens is 2. The fourth-order valence-electron chi connectivity index (χ4n) is 0. The van der Waals surface area contributed by atoms with Crippen molar-refractivity contribution in [1.29, 1.82) is 0 Å². The fraction of sp³-hybridized carbons (Fsp3) is 0. The van der Waals surface area contributed by atoms with E-state index >= 15 is 0 Å². The summed E-state index contributed by atoms with van der Waals surface area (Å²) in [6.45, 7) is 0. The predicted octanol–water partition coefficient (Wildman–Crippen LogP) is 0.140. The molecule has 32 valence electrons. The Balaban J connectivity index is 2.54. The Morgan fingerprint density at radius 2 is 1.80 bits per heavy atom. The van der Waals surface area contributed by atoms with Gasteiger partial charge in [0.25, 0.3) is 0 Å². The maximum absolute atomic E-state index is 5.39. The van der Waals surface area contributed by atoms with Crippen molar-refractivity contribution in [2.75, 3.05) is 0 Å². The first kappa shape index (κ1) is 6.44. The van der Waals surface area contributed by atoms with Gasteiger partial charge in [-0.15, -0.1) is 0 Å². The van der Waals surface area contributed by atoms with Crippen LogP contribution in [0.3, 0.4) is 0 Å². The lowest BCUT2D eigenvalue weighted by Gasteiger charge is -1.83. The largest absolute Gasteiger partial charge is 0.0846 e. The smallest absolute Gasteiger partial charge is 0.0703 e. The average Bonchev–Trinajstić information content (AvgIpc) is 1.38. The molecule has 5 heavy (non-hydrogen) atoms. The van der Waals surface area contributed by atoms with E-state index in [9.17, 15) is 0 Å². The van der Waals surface area contributed by atoms with Crippen molar-refractivity contribution in [3.63, 3.8) is 0 Å². The van der Waals surface area contributed by atoms with Gasteiger partial charge in [0, 0.05) is 0 Å². The second-order valence-electron chi connectivity index (χ2n) is 0.619. The summed E-state index contributed by atoms with van der Waals surface area (Å²) in [7, 11) is 1.36. The van der Waals surface area contributed by atoms with Crippen molar-refractivity contribution < 1.29 is 0 Å². The third-order valence-electron chi connectivity index (χ3n) is 0.239. The molecule has 0 aromatic heterocycles. The normalized spacial score (nSPS) is 12.6. The molecule has 0 aliphatic carbocycles. The molecule has 0 bridgehead atoms. The first-order valence-corrected chi connectivity index (χ1v) is 12.3. The molecule has 5 heteroatoms. The van der Waals surface area contributed by atoms with Crippen LogP contribution in [0.25, 0.3) is 0 Å². The zero-order chi connectivity index (χ0) is 4.28. The molecule has 0 amide bonds. The van der Waals surface area contributed by atoms with Crippen LogP contribution in [0.15, 0.2) is 0 Å². The lowest BCUT2D eigenvalue weighted by molar-refractivity contribution is 4.31. The minimum absolute atomic E-state index is 0.0833. The Hall–Kier alpha value is 1.44. The topological polar surface area (TPSA) is 0 Å². The molecule has 0 saturated heterocycles. The van der Waals surface area contributed by atoms with Crippen LogP contribution in [-0.2, 0) is 0 Å². The van der Waals surface area contributed by atoms with Crippen LogP contribution in [0, 0.1) is 0 Å². The summed E-state index contributed by atoms with van der Waals surface area (Å²) in [4.78, 5) is 0. The monoisotopic (exact) mass is 162 g/mol. The van der Waals surface area contributed by atoms with Crippen molar-refractivity contribution in [1.82, 2.24) is 0 Å². The Morgan fingerprint density at radius 1 is 1.60 bits per heavy atom. The van der Waals surface area contributed by atoms with Gasteiger partial charge in [0.15, 0.2) is 0 Å². The van der Waals surface area contributed by atoms with E-state index in [0.29, 0.717) is 0 Å². The van der Waals surface area contributed by atoms with Gasteiger partial charge in [-0.1, -0.05) is 22.5 Å². The van der Waals surface area contributed by atoms with Crippen molar-refractivity contribution in [3.8, 4) is 0 Å². The quantitative estimate of drug-likeness (QED) is 0.381. The van der Waals surface area contributed by atoms with Gasteiger partial charge in [0.05, 0.1) is 14.9 Å². The van der Waals surface area contributed by atoms with E-state index in [-0.39, 0.29) is 8.70 Å². The van der Waals surface area contributed by atoms with Crippen LogP contribution in [0.5, 0.6) is 0 Å². The van der Waals surface area contributed by atoms with E-state index in [1.165, 1.54) is 9.76 Å². The van der Waals surface area contributed by atoms with Crippen LogP contribution in [-0.4, -0.2) is 18.5 Å². The second-order valence-corrected chi connectivity index (χ2v) is 16.7. The molecule has 0 aromatic rings. The van der Waals surface area contributed by atoms with E-state index in [2.05, 4.69) is 0 Å². The predicted molar refractivity (Wildman–Crippen MR) is 37.1 cm³/mol. The highest BCUT2D eigenvalue weighted by Crippen LogP contribution is 2.42. The molecule has 0 fully saturated rings. The summed E-state index contributed by atoms with van der Waals surface area (Å²) in [5, 5.41) is 0. The molecule has 0 aromatic carbocycles. The number of hydrogen-bond donors (Lipinski definition) is 0. The highest BCUT2D eigenvalue weighted by molar-refractivity contribution is 8.24. The van der Waals surface area contributed by atoms with Gasteiger partial charge < -0.3 is 0 Å². The molecule has 0 aliphatic rings. The van der Waals surface area contributed by atoms with Gasteiger partial charge in [-0.2, -0.15) is 0 Å². The summed E-state index contributed by atoms with van der Waals surface area (Å²) in [6.07, 6.45) is -0.453. The standard InChI is InChI=1S/Cl2H5PSi2/c1-3(2)5-4/h5H2,4H3. The lowest BCUT2D eigenvalue weighted by atomic mass is 26.9. The summed E-state index contributed by atoms with van der Waals surface area (Å²) >= 11 is 10.8. The van der Waals surface area contributed by atoms with Gasteiger partial charge in [-0.3, -0.25) is 0 Å². The lowest BCUT2D eigenvalue weighted by Crippen LogP contribution is -1.71. The minimum Gasteiger partial charge on any atom is -0.0846 e. The summed E-state index contributed by atoms with van der Waals surface area (Å²) in [6, 6.07) is 0. The first-order valence-electron chi connectivity index (χ1n) is 1.36. The zero-order valence-electron chi connectivity index (χ0n) is 2.91. The van der Waals surface area contributed by atoms with Gasteiger partial charge in [0.2, 0.25) is 0 Å². The molecular weight excluding hydrogens is 158 g/mol. The molecule has 0 heterocycles. The molecule has 0 unspecified atom stereocenters. The minimum atomic E-state index is -0.453. The highest BCUT2D eigenvalue weighted by Gasteiger charge is 1.87. The number of rotatable bonds is 1. The van der Waals surface area contributed by atoms with E-state index < -0.39 is 6.17 Å².